The van der Waals surface area contributed by atoms with Crippen LogP contribution >= 0.6 is 0 Å². The van der Waals surface area contributed by atoms with E-state index >= 15 is 0 Å². The summed E-state index contributed by atoms with van der Waals surface area (Å²) < 4.78 is 0. The van der Waals surface area contributed by atoms with Crippen molar-refractivity contribution in [1.29, 1.82) is 0 Å². The molecule has 4 aliphatic carbocycles. The molecule has 162 valence electrons. The van der Waals surface area contributed by atoms with Crippen LogP contribution in [-0.2, 0) is 0 Å². The molecule has 0 aromatic rings. The smallest absolute Gasteiger partial charge is 0.0543 e. The van der Waals surface area contributed by atoms with Crippen LogP contribution in [0.3, 0.4) is 0 Å². The van der Waals surface area contributed by atoms with Gasteiger partial charge in [0.1, 0.15) is 0 Å². The van der Waals surface area contributed by atoms with E-state index in [9.17, 15) is 5.11 Å². The summed E-state index contributed by atoms with van der Waals surface area (Å²) in [4.78, 5) is 0. The molecule has 1 heteroatoms. The van der Waals surface area contributed by atoms with E-state index in [2.05, 4.69) is 34.6 Å². The average molecular weight is 389 g/mol. The van der Waals surface area contributed by atoms with Gasteiger partial charge in [0.2, 0.25) is 0 Å². The van der Waals surface area contributed by atoms with Gasteiger partial charge in [-0.15, -0.1) is 0 Å². The lowest BCUT2D eigenvalue weighted by molar-refractivity contribution is -0.129. The lowest BCUT2D eigenvalue weighted by atomic mass is 9.44. The van der Waals surface area contributed by atoms with Crippen molar-refractivity contribution in [2.45, 2.75) is 118 Å². The Hall–Kier alpha value is -0.0400. The first-order chi connectivity index (χ1) is 13.3. The zero-order chi connectivity index (χ0) is 20.1. The first-order valence-electron chi connectivity index (χ1n) is 12.9. The summed E-state index contributed by atoms with van der Waals surface area (Å²) in [6, 6.07) is 0. The summed E-state index contributed by atoms with van der Waals surface area (Å²) in [7, 11) is 0. The molecule has 0 saturated heterocycles. The minimum Gasteiger partial charge on any atom is -0.393 e. The third-order valence-electron chi connectivity index (χ3n) is 10.8. The van der Waals surface area contributed by atoms with Crippen LogP contribution in [0, 0.1) is 52.3 Å². The number of rotatable bonds is 5. The molecule has 9 atom stereocenters. The molecule has 0 heterocycles. The third-order valence-corrected chi connectivity index (χ3v) is 10.8. The highest BCUT2D eigenvalue weighted by molar-refractivity contribution is 5.09. The molecule has 4 aliphatic rings. The van der Waals surface area contributed by atoms with Crippen LogP contribution in [0.2, 0.25) is 0 Å². The van der Waals surface area contributed by atoms with Gasteiger partial charge < -0.3 is 5.11 Å². The minimum atomic E-state index is -0.00830. The molecule has 1 nitrogen and oxygen atoms in total. The van der Waals surface area contributed by atoms with Gasteiger partial charge in [-0.25, -0.2) is 0 Å². The fraction of sp³-hybridized carbons (Fsp3) is 1.00. The third kappa shape index (κ3) is 3.50. The molecule has 0 aromatic heterocycles. The van der Waals surface area contributed by atoms with E-state index in [1.165, 1.54) is 64.2 Å². The Balaban J connectivity index is 1.46. The van der Waals surface area contributed by atoms with E-state index in [0.29, 0.717) is 10.8 Å². The quantitative estimate of drug-likeness (QED) is 0.518. The van der Waals surface area contributed by atoms with E-state index in [-0.39, 0.29) is 6.10 Å². The monoisotopic (exact) mass is 388 g/mol. The normalized spacial score (nSPS) is 49.4. The highest BCUT2D eigenvalue weighted by Gasteiger charge is 2.60. The Morgan fingerprint density at radius 2 is 1.54 bits per heavy atom. The maximum absolute atomic E-state index is 10.3. The summed E-state index contributed by atoms with van der Waals surface area (Å²) in [5, 5.41) is 10.3. The second-order valence-corrected chi connectivity index (χ2v) is 12.6. The molecular formula is C27H48O. The summed E-state index contributed by atoms with van der Waals surface area (Å²) in [5.74, 6) is 6.49. The summed E-state index contributed by atoms with van der Waals surface area (Å²) in [6.45, 7) is 12.7. The molecule has 0 aromatic carbocycles. The maximum atomic E-state index is 10.3. The lowest BCUT2D eigenvalue weighted by Crippen LogP contribution is -2.54. The predicted molar refractivity (Wildman–Crippen MR) is 119 cm³/mol. The summed E-state index contributed by atoms with van der Waals surface area (Å²) >= 11 is 0. The number of fused-ring (bicyclic) bond motifs is 5. The average Bonchev–Trinajstić information content (AvgIpc) is 2.99. The largest absolute Gasteiger partial charge is 0.393 e. The number of hydrogen-bond donors (Lipinski definition) is 1. The van der Waals surface area contributed by atoms with Crippen molar-refractivity contribution < 1.29 is 5.11 Å². The first kappa shape index (κ1) is 21.2. The van der Waals surface area contributed by atoms with Crippen LogP contribution in [0.25, 0.3) is 0 Å². The number of aliphatic hydroxyl groups excluding tert-OH is 1. The van der Waals surface area contributed by atoms with Gasteiger partial charge in [0.25, 0.3) is 0 Å². The molecule has 1 N–H and O–H groups in total. The van der Waals surface area contributed by atoms with Crippen LogP contribution in [-0.4, -0.2) is 11.2 Å². The second kappa shape index (κ2) is 7.90. The van der Waals surface area contributed by atoms with Crippen LogP contribution < -0.4 is 0 Å². The lowest BCUT2D eigenvalue weighted by Gasteiger charge is -2.61. The van der Waals surface area contributed by atoms with Gasteiger partial charge in [0.15, 0.2) is 0 Å². The highest BCUT2D eigenvalue weighted by atomic mass is 16.3. The van der Waals surface area contributed by atoms with Gasteiger partial charge in [-0.05, 0) is 110 Å². The Morgan fingerprint density at radius 1 is 0.821 bits per heavy atom. The van der Waals surface area contributed by atoms with E-state index in [0.717, 1.165) is 54.3 Å². The minimum absolute atomic E-state index is 0.00830. The van der Waals surface area contributed by atoms with E-state index in [1.807, 2.05) is 0 Å². The SMILES string of the molecule is CC(C)CCC[C@@H](C)C1CCC2C3CC[C@H]4C[C@H](O)CCC4(C)C3CCC21C. The van der Waals surface area contributed by atoms with Gasteiger partial charge >= 0.3 is 0 Å². The van der Waals surface area contributed by atoms with Gasteiger partial charge in [0, 0.05) is 0 Å². The van der Waals surface area contributed by atoms with E-state index in [4.69, 9.17) is 0 Å². The molecule has 0 amide bonds. The van der Waals surface area contributed by atoms with Crippen molar-refractivity contribution in [2.24, 2.45) is 52.3 Å². The van der Waals surface area contributed by atoms with Crippen molar-refractivity contribution in [2.75, 3.05) is 0 Å². The van der Waals surface area contributed by atoms with Gasteiger partial charge in [-0.2, -0.15) is 0 Å². The zero-order valence-electron chi connectivity index (χ0n) is 19.6. The molecule has 0 bridgehead atoms. The van der Waals surface area contributed by atoms with Crippen LogP contribution in [0.1, 0.15) is 112 Å². The van der Waals surface area contributed by atoms with Crippen molar-refractivity contribution in [3.05, 3.63) is 0 Å². The Bertz CT molecular complexity index is 540. The van der Waals surface area contributed by atoms with Crippen molar-refractivity contribution in [1.82, 2.24) is 0 Å². The molecular weight excluding hydrogens is 340 g/mol. The Kier molecular flexibility index (Phi) is 5.98. The first-order valence-corrected chi connectivity index (χ1v) is 12.9. The summed E-state index contributed by atoms with van der Waals surface area (Å²) in [6.07, 6.45) is 16.6. The molecule has 0 spiro atoms. The van der Waals surface area contributed by atoms with Gasteiger partial charge in [-0.1, -0.05) is 53.9 Å². The molecule has 0 radical (unpaired) electrons. The molecule has 4 fully saturated rings. The van der Waals surface area contributed by atoms with Gasteiger partial charge in [0.05, 0.1) is 6.10 Å². The van der Waals surface area contributed by atoms with Crippen LogP contribution in [0.5, 0.6) is 0 Å². The zero-order valence-corrected chi connectivity index (χ0v) is 19.6. The van der Waals surface area contributed by atoms with E-state index < -0.39 is 0 Å². The topological polar surface area (TPSA) is 20.2 Å². The maximum Gasteiger partial charge on any atom is 0.0543 e. The second-order valence-electron chi connectivity index (χ2n) is 12.6. The standard InChI is InChI=1S/C27H48O/c1-18(2)7-6-8-19(3)23-11-12-24-22-10-9-20-17-21(28)13-15-26(20,4)25(22)14-16-27(23,24)5/h18-25,28H,6-17H2,1-5H3/t19-,20+,21-,22?,23?,24?,25?,26?,27?/m1/s1. The van der Waals surface area contributed by atoms with Gasteiger partial charge in [-0.3, -0.25) is 0 Å². The predicted octanol–water partition coefficient (Wildman–Crippen LogP) is 7.47. The number of aliphatic hydroxyl groups is 1. The van der Waals surface area contributed by atoms with E-state index in [1.54, 1.807) is 0 Å². The molecule has 4 saturated carbocycles. The fourth-order valence-corrected chi connectivity index (χ4v) is 9.26. The molecule has 28 heavy (non-hydrogen) atoms. The molecule has 0 aliphatic heterocycles. The number of hydrogen-bond acceptors (Lipinski definition) is 1. The molecule has 4 rings (SSSR count). The van der Waals surface area contributed by atoms with Crippen molar-refractivity contribution in [3.63, 3.8) is 0 Å². The fourth-order valence-electron chi connectivity index (χ4n) is 9.26. The highest BCUT2D eigenvalue weighted by Crippen LogP contribution is 2.68. The Morgan fingerprint density at radius 3 is 2.29 bits per heavy atom. The van der Waals surface area contributed by atoms with Crippen LogP contribution in [0.15, 0.2) is 0 Å². The molecule has 6 unspecified atom stereocenters. The van der Waals surface area contributed by atoms with Crippen molar-refractivity contribution >= 4 is 0 Å². The van der Waals surface area contributed by atoms with Crippen LogP contribution in [0.4, 0.5) is 0 Å². The summed E-state index contributed by atoms with van der Waals surface area (Å²) in [5.41, 5.74) is 1.15. The Labute approximate surface area is 175 Å². The van der Waals surface area contributed by atoms with Crippen molar-refractivity contribution in [3.8, 4) is 0 Å².